The lowest BCUT2D eigenvalue weighted by Gasteiger charge is -2.15. The van der Waals surface area contributed by atoms with Gasteiger partial charge in [-0.15, -0.1) is 10.2 Å². The Kier molecular flexibility index (Phi) is 3.40. The predicted molar refractivity (Wildman–Crippen MR) is 69.7 cm³/mol. The van der Waals surface area contributed by atoms with Crippen LogP contribution in [-0.2, 0) is 0 Å². The molecule has 2 N–H and O–H groups in total. The Labute approximate surface area is 106 Å². The molecular weight excluding hydrogens is 230 g/mol. The lowest BCUT2D eigenvalue weighted by molar-refractivity contribution is 0.779. The minimum absolute atomic E-state index is 0.315. The van der Waals surface area contributed by atoms with Gasteiger partial charge in [-0.2, -0.15) is 14.8 Å². The third kappa shape index (κ3) is 2.24. The largest absolute Gasteiger partial charge is 0.368 e. The Morgan fingerprint density at radius 2 is 1.94 bits per heavy atom. The quantitative estimate of drug-likeness (QED) is 0.859. The monoisotopic (exact) mass is 247 g/mol. The van der Waals surface area contributed by atoms with E-state index in [0.717, 1.165) is 18.8 Å². The molecule has 0 unspecified atom stereocenters. The molecule has 0 amide bonds. The Balaban J connectivity index is 2.37. The van der Waals surface area contributed by atoms with Crippen molar-refractivity contribution in [1.29, 1.82) is 0 Å². The molecule has 0 aliphatic carbocycles. The maximum atomic E-state index is 5.85. The van der Waals surface area contributed by atoms with Gasteiger partial charge in [0, 0.05) is 13.1 Å². The van der Waals surface area contributed by atoms with Crippen LogP contribution >= 0.6 is 0 Å². The van der Waals surface area contributed by atoms with Crippen LogP contribution in [-0.4, -0.2) is 38.1 Å². The molecule has 0 aromatic carbocycles. The molecule has 0 bridgehead atoms. The summed E-state index contributed by atoms with van der Waals surface area (Å²) in [5.74, 6) is 1.50. The van der Waals surface area contributed by atoms with E-state index in [1.807, 2.05) is 37.8 Å². The van der Waals surface area contributed by atoms with Crippen LogP contribution in [0.3, 0.4) is 0 Å². The van der Waals surface area contributed by atoms with Gasteiger partial charge in [0.2, 0.25) is 11.9 Å². The maximum absolute atomic E-state index is 5.85. The van der Waals surface area contributed by atoms with E-state index in [0.29, 0.717) is 17.7 Å². The second kappa shape index (κ2) is 4.99. The van der Waals surface area contributed by atoms with Crippen LogP contribution in [0.15, 0.2) is 12.1 Å². The van der Waals surface area contributed by atoms with Crippen LogP contribution in [0.1, 0.15) is 19.5 Å². The Morgan fingerprint density at radius 3 is 2.50 bits per heavy atom. The van der Waals surface area contributed by atoms with Gasteiger partial charge >= 0.3 is 0 Å². The van der Waals surface area contributed by atoms with Crippen molar-refractivity contribution in [3.63, 3.8) is 0 Å². The highest BCUT2D eigenvalue weighted by molar-refractivity contribution is 5.39. The number of aryl methyl sites for hydroxylation is 1. The molecule has 2 rings (SSSR count). The molecule has 0 atom stereocenters. The van der Waals surface area contributed by atoms with E-state index in [-0.39, 0.29) is 0 Å². The van der Waals surface area contributed by atoms with E-state index in [2.05, 4.69) is 20.3 Å². The summed E-state index contributed by atoms with van der Waals surface area (Å²) in [5.41, 5.74) is 6.70. The molecule has 0 aliphatic heterocycles. The predicted octanol–water partition coefficient (Wildman–Crippen LogP) is 0.794. The summed E-state index contributed by atoms with van der Waals surface area (Å²) in [6.07, 6.45) is 0. The SMILES string of the molecule is CCN(CC)c1nc(N)n(-c2ccc(C)nn2)n1. The van der Waals surface area contributed by atoms with Crippen LogP contribution in [0.5, 0.6) is 0 Å². The first kappa shape index (κ1) is 12.3. The third-order valence-electron chi connectivity index (χ3n) is 2.67. The third-order valence-corrected chi connectivity index (χ3v) is 2.67. The molecule has 0 saturated carbocycles. The number of anilines is 2. The van der Waals surface area contributed by atoms with E-state index >= 15 is 0 Å². The maximum Gasteiger partial charge on any atom is 0.247 e. The Morgan fingerprint density at radius 1 is 1.22 bits per heavy atom. The second-order valence-electron chi connectivity index (χ2n) is 3.89. The number of rotatable bonds is 4. The normalized spacial score (nSPS) is 10.6. The molecule has 2 heterocycles. The number of nitrogens with two attached hydrogens (primary N) is 1. The van der Waals surface area contributed by atoms with Gasteiger partial charge in [0.05, 0.1) is 5.69 Å². The zero-order valence-electron chi connectivity index (χ0n) is 10.8. The summed E-state index contributed by atoms with van der Waals surface area (Å²) in [7, 11) is 0. The summed E-state index contributed by atoms with van der Waals surface area (Å²) in [5, 5.41) is 12.4. The van der Waals surface area contributed by atoms with Crippen molar-refractivity contribution in [3.8, 4) is 5.82 Å². The van der Waals surface area contributed by atoms with Gasteiger partial charge in [-0.25, -0.2) is 0 Å². The zero-order chi connectivity index (χ0) is 13.1. The van der Waals surface area contributed by atoms with Gasteiger partial charge in [-0.05, 0) is 32.9 Å². The average molecular weight is 247 g/mol. The van der Waals surface area contributed by atoms with Crippen LogP contribution in [0.4, 0.5) is 11.9 Å². The van der Waals surface area contributed by atoms with Gasteiger partial charge in [0.1, 0.15) is 0 Å². The molecule has 0 radical (unpaired) electrons. The lowest BCUT2D eigenvalue weighted by atomic mass is 10.4. The lowest BCUT2D eigenvalue weighted by Crippen LogP contribution is -2.23. The fourth-order valence-electron chi connectivity index (χ4n) is 1.63. The Bertz CT molecular complexity index is 513. The fraction of sp³-hybridized carbons (Fsp3) is 0.455. The first-order valence-corrected chi connectivity index (χ1v) is 5.93. The van der Waals surface area contributed by atoms with Gasteiger partial charge in [0.15, 0.2) is 5.82 Å². The fourth-order valence-corrected chi connectivity index (χ4v) is 1.63. The molecule has 7 nitrogen and oxygen atoms in total. The second-order valence-corrected chi connectivity index (χ2v) is 3.89. The molecule has 2 aromatic rings. The molecule has 0 aliphatic rings. The van der Waals surface area contributed by atoms with Crippen molar-refractivity contribution in [2.24, 2.45) is 0 Å². The van der Waals surface area contributed by atoms with E-state index in [1.165, 1.54) is 4.68 Å². The summed E-state index contributed by atoms with van der Waals surface area (Å²) in [4.78, 5) is 6.26. The summed E-state index contributed by atoms with van der Waals surface area (Å²) < 4.78 is 1.50. The highest BCUT2D eigenvalue weighted by Gasteiger charge is 2.13. The molecule has 0 spiro atoms. The van der Waals surface area contributed by atoms with Crippen LogP contribution in [0.2, 0.25) is 0 Å². The molecular formula is C11H17N7. The molecule has 2 aromatic heterocycles. The van der Waals surface area contributed by atoms with E-state index in [1.54, 1.807) is 0 Å². The van der Waals surface area contributed by atoms with Gasteiger partial charge in [0.25, 0.3) is 0 Å². The minimum atomic E-state index is 0.315. The van der Waals surface area contributed by atoms with Crippen molar-refractivity contribution >= 4 is 11.9 Å². The van der Waals surface area contributed by atoms with Crippen LogP contribution in [0.25, 0.3) is 5.82 Å². The molecule has 0 saturated heterocycles. The van der Waals surface area contributed by atoms with Gasteiger partial charge < -0.3 is 10.6 Å². The van der Waals surface area contributed by atoms with E-state index in [9.17, 15) is 0 Å². The number of nitrogen functional groups attached to an aromatic ring is 1. The summed E-state index contributed by atoms with van der Waals surface area (Å²) in [6.45, 7) is 7.64. The van der Waals surface area contributed by atoms with E-state index < -0.39 is 0 Å². The van der Waals surface area contributed by atoms with Crippen molar-refractivity contribution in [1.82, 2.24) is 25.0 Å². The molecule has 7 heteroatoms. The first-order valence-electron chi connectivity index (χ1n) is 5.93. The van der Waals surface area contributed by atoms with Crippen molar-refractivity contribution < 1.29 is 0 Å². The van der Waals surface area contributed by atoms with Crippen molar-refractivity contribution in [3.05, 3.63) is 17.8 Å². The van der Waals surface area contributed by atoms with Crippen LogP contribution < -0.4 is 10.6 Å². The van der Waals surface area contributed by atoms with Gasteiger partial charge in [-0.3, -0.25) is 0 Å². The zero-order valence-corrected chi connectivity index (χ0v) is 10.8. The van der Waals surface area contributed by atoms with Crippen molar-refractivity contribution in [2.75, 3.05) is 23.7 Å². The molecule has 0 fully saturated rings. The number of hydrogen-bond donors (Lipinski definition) is 1. The highest BCUT2D eigenvalue weighted by atomic mass is 15.5. The minimum Gasteiger partial charge on any atom is -0.368 e. The smallest absolute Gasteiger partial charge is 0.247 e. The number of nitrogens with zero attached hydrogens (tertiary/aromatic N) is 6. The van der Waals surface area contributed by atoms with Gasteiger partial charge in [-0.1, -0.05) is 0 Å². The average Bonchev–Trinajstić information content (AvgIpc) is 2.74. The topological polar surface area (TPSA) is 85.8 Å². The highest BCUT2D eigenvalue weighted by Crippen LogP contribution is 2.14. The first-order chi connectivity index (χ1) is 8.65. The molecule has 18 heavy (non-hydrogen) atoms. The summed E-state index contributed by atoms with van der Waals surface area (Å²) in [6, 6.07) is 3.68. The standard InChI is InChI=1S/C11H17N7/c1-4-17(5-2)11-13-10(12)18(16-11)9-7-6-8(3)14-15-9/h6-7H,4-5H2,1-3H3,(H2,12,13,16). The number of aromatic nitrogens is 5. The molecule has 96 valence electrons. The van der Waals surface area contributed by atoms with Crippen molar-refractivity contribution in [2.45, 2.75) is 20.8 Å². The Hall–Kier alpha value is -2.18. The number of hydrogen-bond acceptors (Lipinski definition) is 6. The summed E-state index contributed by atoms with van der Waals surface area (Å²) >= 11 is 0. The van der Waals surface area contributed by atoms with Crippen LogP contribution in [0, 0.1) is 6.92 Å². The van der Waals surface area contributed by atoms with E-state index in [4.69, 9.17) is 5.73 Å².